The molecule has 1 aliphatic rings. The van der Waals surface area contributed by atoms with Crippen LogP contribution in [0.25, 0.3) is 0 Å². The normalized spacial score (nSPS) is 20.3. The molecule has 1 saturated carbocycles. The molecule has 162 valence electrons. The van der Waals surface area contributed by atoms with Crippen LogP contribution < -0.4 is 0 Å². The average molecular weight is 471 g/mol. The molecule has 12 nitrogen and oxygen atoms in total. The fraction of sp³-hybridized carbons (Fsp3) is 0.571. The summed E-state index contributed by atoms with van der Waals surface area (Å²) in [6.45, 7) is 0. The van der Waals surface area contributed by atoms with E-state index in [1.807, 2.05) is 6.26 Å². The van der Waals surface area contributed by atoms with E-state index in [4.69, 9.17) is 4.28 Å². The lowest BCUT2D eigenvalue weighted by atomic mass is 10.2. The monoisotopic (exact) mass is 470 g/mol. The van der Waals surface area contributed by atoms with Gasteiger partial charge in [-0.3, -0.25) is 24.8 Å². The predicted molar refractivity (Wildman–Crippen MR) is 108 cm³/mol. The first-order valence-electron chi connectivity index (χ1n) is 8.15. The Balaban J connectivity index is 2.50. The topological polar surface area (TPSA) is 170 Å². The van der Waals surface area contributed by atoms with Gasteiger partial charge in [0.05, 0.1) is 14.8 Å². The lowest BCUT2D eigenvalue weighted by Crippen LogP contribution is -2.26. The Morgan fingerprint density at radius 1 is 1.10 bits per heavy atom. The Bertz CT molecular complexity index is 929. The zero-order valence-electron chi connectivity index (χ0n) is 15.7. The first-order chi connectivity index (χ1) is 13.3. The summed E-state index contributed by atoms with van der Waals surface area (Å²) in [6, 6.07) is 1.05. The van der Waals surface area contributed by atoms with Gasteiger partial charge in [-0.05, 0) is 29.4 Å². The van der Waals surface area contributed by atoms with Crippen molar-refractivity contribution in [2.75, 3.05) is 18.8 Å². The lowest BCUT2D eigenvalue weighted by Gasteiger charge is -2.33. The summed E-state index contributed by atoms with van der Waals surface area (Å²) in [5.74, 6) is 0. The van der Waals surface area contributed by atoms with Gasteiger partial charge >= 0.3 is 27.2 Å². The molecule has 1 N–H and O–H groups in total. The van der Waals surface area contributed by atoms with E-state index in [1.165, 1.54) is 0 Å². The molecule has 15 heteroatoms. The van der Waals surface area contributed by atoms with Crippen LogP contribution >= 0.6 is 22.1 Å². The van der Waals surface area contributed by atoms with E-state index in [-0.39, 0.29) is 15.4 Å². The molecule has 0 heterocycles. The molecule has 1 aromatic carbocycles. The fourth-order valence-electron chi connectivity index (χ4n) is 3.31. The van der Waals surface area contributed by atoms with Crippen molar-refractivity contribution in [3.8, 4) is 0 Å². The van der Waals surface area contributed by atoms with Crippen molar-refractivity contribution in [3.05, 3.63) is 37.3 Å². The number of nitrogens with zero attached hydrogens (tertiary/aromatic N) is 3. The minimum Gasteiger partial charge on any atom is -0.281 e. The molecule has 0 saturated heterocycles. The van der Waals surface area contributed by atoms with Crippen LogP contribution in [0, 0.1) is 25.1 Å². The number of hydrogen-bond donors (Lipinski definition) is 1. The van der Waals surface area contributed by atoms with Crippen molar-refractivity contribution in [1.82, 2.24) is 0 Å². The van der Waals surface area contributed by atoms with Gasteiger partial charge in [0, 0.05) is 23.0 Å². The average Bonchev–Trinajstić information content (AvgIpc) is 3.09. The molecule has 1 aliphatic carbocycles. The summed E-state index contributed by atoms with van der Waals surface area (Å²) < 4.78 is 37.7. The number of nitro benzene ring substituents is 2. The molecule has 1 aromatic rings. The third-order valence-electron chi connectivity index (χ3n) is 4.58. The van der Waals surface area contributed by atoms with Crippen molar-refractivity contribution >= 4 is 49.3 Å². The first kappa shape index (κ1) is 23.3. The third-order valence-corrected chi connectivity index (χ3v) is 9.40. The van der Waals surface area contributed by atoms with E-state index in [9.17, 15) is 38.1 Å². The number of thioether (sulfide) groups is 1. The van der Waals surface area contributed by atoms with Crippen LogP contribution in [0.3, 0.4) is 0 Å². The Morgan fingerprint density at radius 2 is 1.62 bits per heavy atom. The molecule has 0 bridgehead atoms. The van der Waals surface area contributed by atoms with E-state index < -0.39 is 52.2 Å². The molecule has 0 aromatic heterocycles. The number of nitro groups is 2. The number of hydrogen-bond acceptors (Lipinski definition) is 9. The van der Waals surface area contributed by atoms with Crippen LogP contribution in [-0.2, 0) is 14.4 Å². The molecule has 2 unspecified atom stereocenters. The van der Waals surface area contributed by atoms with Crippen LogP contribution in [0.2, 0.25) is 0 Å². The van der Waals surface area contributed by atoms with Crippen LogP contribution in [-0.4, -0.2) is 57.0 Å². The molecule has 0 spiro atoms. The smallest absolute Gasteiger partial charge is 0.281 e. The lowest BCUT2D eigenvalue weighted by molar-refractivity contribution is -0.696. The molecule has 0 amide bonds. The second-order valence-corrected chi connectivity index (χ2v) is 12.5. The highest BCUT2D eigenvalue weighted by Crippen LogP contribution is 2.56. The highest BCUT2D eigenvalue weighted by Gasteiger charge is 2.44. The van der Waals surface area contributed by atoms with Gasteiger partial charge in [0.2, 0.25) is 4.90 Å². The summed E-state index contributed by atoms with van der Waals surface area (Å²) in [6.07, 6.45) is 8.23. The molecule has 2 rings (SSSR count). The molecule has 29 heavy (non-hydrogen) atoms. The number of benzene rings is 1. The quantitative estimate of drug-likeness (QED) is 0.337. The Hall–Kier alpha value is -1.97. The first-order valence-corrected chi connectivity index (χ1v) is 13.3. The van der Waals surface area contributed by atoms with Gasteiger partial charge in [0.1, 0.15) is 12.1 Å². The summed E-state index contributed by atoms with van der Waals surface area (Å²) in [7, 11) is -7.29. The number of rotatable bonds is 8. The minimum atomic E-state index is -5.30. The third kappa shape index (κ3) is 4.96. The Labute approximate surface area is 172 Å². The standard InChI is InChI=1S/C14H19N3O9S3/c1-27-12-5-4-6-13(12)28(2,3)26-17(22)9-7-10(15(18)19)14(29(23,24)25)11(8-9)16(20)21/h7-8,12-13H,4-6H2,1-3H3/p+1. The van der Waals surface area contributed by atoms with E-state index >= 15 is 0 Å². The van der Waals surface area contributed by atoms with E-state index in [0.29, 0.717) is 12.1 Å². The van der Waals surface area contributed by atoms with Gasteiger partial charge in [-0.25, -0.2) is 0 Å². The largest absolute Gasteiger partial charge is 0.331 e. The fourth-order valence-corrected chi connectivity index (χ4v) is 8.23. The second kappa shape index (κ2) is 8.41. The summed E-state index contributed by atoms with van der Waals surface area (Å²) in [5.41, 5.74) is -3.20. The SMILES string of the molecule is CSC1CCCC1S(C)(C)O[N+](=O)c1cc([N+](=O)[O-])c(S(=O)(=O)O)c([N+](=O)[O-])c1. The molecule has 0 radical (unpaired) electrons. The Kier molecular flexibility index (Phi) is 6.76. The maximum Gasteiger partial charge on any atom is 0.331 e. The van der Waals surface area contributed by atoms with E-state index in [0.717, 1.165) is 19.3 Å². The van der Waals surface area contributed by atoms with Gasteiger partial charge in [0.25, 0.3) is 4.92 Å². The van der Waals surface area contributed by atoms with Gasteiger partial charge < -0.3 is 0 Å². The predicted octanol–water partition coefficient (Wildman–Crippen LogP) is 3.36. The van der Waals surface area contributed by atoms with Gasteiger partial charge in [-0.15, -0.1) is 0 Å². The summed E-state index contributed by atoms with van der Waals surface area (Å²) in [4.78, 5) is 31.1. The van der Waals surface area contributed by atoms with E-state index in [1.54, 1.807) is 24.3 Å². The van der Waals surface area contributed by atoms with E-state index in [2.05, 4.69) is 0 Å². The van der Waals surface area contributed by atoms with Crippen LogP contribution in [0.4, 0.5) is 17.1 Å². The second-order valence-electron chi connectivity index (χ2n) is 6.69. The van der Waals surface area contributed by atoms with Crippen LogP contribution in [0.1, 0.15) is 19.3 Å². The molecule has 2 atom stereocenters. The zero-order valence-corrected chi connectivity index (χ0v) is 18.2. The van der Waals surface area contributed by atoms with Crippen LogP contribution in [0.15, 0.2) is 17.0 Å². The van der Waals surface area contributed by atoms with Crippen molar-refractivity contribution in [2.24, 2.45) is 0 Å². The minimum absolute atomic E-state index is 0.0567. The van der Waals surface area contributed by atoms with Gasteiger partial charge in [-0.1, -0.05) is 6.42 Å². The maximum atomic E-state index is 12.6. The molecular weight excluding hydrogens is 450 g/mol. The summed E-state index contributed by atoms with van der Waals surface area (Å²) in [5, 5.41) is 22.8. The van der Waals surface area contributed by atoms with Gasteiger partial charge in [0.15, 0.2) is 0 Å². The Morgan fingerprint density at radius 3 is 2.03 bits per heavy atom. The van der Waals surface area contributed by atoms with Crippen molar-refractivity contribution < 1.29 is 32.0 Å². The zero-order chi connectivity index (χ0) is 22.1. The summed E-state index contributed by atoms with van der Waals surface area (Å²) >= 11 is 1.65. The maximum absolute atomic E-state index is 12.6. The van der Waals surface area contributed by atoms with Crippen molar-refractivity contribution in [2.45, 2.75) is 34.7 Å². The van der Waals surface area contributed by atoms with Crippen molar-refractivity contribution in [1.29, 1.82) is 0 Å². The van der Waals surface area contributed by atoms with Gasteiger partial charge in [-0.2, -0.15) is 24.5 Å². The van der Waals surface area contributed by atoms with Crippen LogP contribution in [0.5, 0.6) is 0 Å². The molecule has 0 aliphatic heterocycles. The van der Waals surface area contributed by atoms with Crippen molar-refractivity contribution in [3.63, 3.8) is 0 Å². The molecular formula is C14H20N3O9S3+. The highest BCUT2D eigenvalue weighted by atomic mass is 32.3. The molecule has 1 fully saturated rings. The highest BCUT2D eigenvalue weighted by molar-refractivity contribution is 8.29.